The number of phenols is 1. The van der Waals surface area contributed by atoms with Crippen molar-refractivity contribution in [3.05, 3.63) is 95.9 Å². The lowest BCUT2D eigenvalue weighted by Gasteiger charge is -2.36. The molecular weight excluding hydrogens is 1700 g/mol. The van der Waals surface area contributed by atoms with Crippen molar-refractivity contribution in [2.75, 3.05) is 58.8 Å². The second-order valence-electron chi connectivity index (χ2n) is 34.4. The lowest BCUT2D eigenvalue weighted by molar-refractivity contribution is -0.149. The van der Waals surface area contributed by atoms with Crippen LogP contribution in [0.2, 0.25) is 0 Å². The van der Waals surface area contributed by atoms with Crippen molar-refractivity contribution in [3.63, 3.8) is 0 Å². The molecule has 6 heterocycles. The number of benzene rings is 2. The lowest BCUT2D eigenvalue weighted by Crippen LogP contribution is -2.62. The van der Waals surface area contributed by atoms with Crippen molar-refractivity contribution in [2.24, 2.45) is 34.8 Å². The third-order valence-corrected chi connectivity index (χ3v) is 24.5. The number of carbonyl (C=O) groups excluding carboxylic acids is 16. The van der Waals surface area contributed by atoms with Gasteiger partial charge in [-0.15, -0.1) is 11.8 Å². The number of likely N-dealkylation sites (N-methyl/N-ethyl adjacent to an activating group) is 3. The van der Waals surface area contributed by atoms with E-state index in [1.165, 1.54) is 74.2 Å². The Hall–Kier alpha value is -12.3. The highest BCUT2D eigenvalue weighted by Crippen LogP contribution is 2.29. The summed E-state index contributed by atoms with van der Waals surface area (Å²) < 4.78 is 1.34. The van der Waals surface area contributed by atoms with E-state index in [-0.39, 0.29) is 106 Å². The predicted molar refractivity (Wildman–Crippen MR) is 479 cm³/mol. The van der Waals surface area contributed by atoms with Crippen LogP contribution in [0.5, 0.6) is 5.75 Å². The fourth-order valence-corrected chi connectivity index (χ4v) is 17.2. The molecule has 3 saturated heterocycles. The molecule has 0 aliphatic carbocycles. The number of phenolic OH excluding ortho intramolecular Hbond substituents is 1. The third-order valence-electron chi connectivity index (χ3n) is 23.5. The molecule has 3 aliphatic heterocycles. The van der Waals surface area contributed by atoms with Crippen LogP contribution in [0, 0.1) is 11.8 Å². The van der Waals surface area contributed by atoms with Gasteiger partial charge in [-0.3, -0.25) is 81.5 Å². The van der Waals surface area contributed by atoms with Gasteiger partial charge in [-0.05, 0) is 117 Å². The summed E-state index contributed by atoms with van der Waals surface area (Å²) in [6, 6.07) is -5.24. The number of aromatic amines is 1. The molecule has 0 spiro atoms. The van der Waals surface area contributed by atoms with Crippen LogP contribution in [0.1, 0.15) is 149 Å². The van der Waals surface area contributed by atoms with Gasteiger partial charge < -0.3 is 120 Å². The van der Waals surface area contributed by atoms with E-state index in [0.717, 1.165) is 31.4 Å². The van der Waals surface area contributed by atoms with Crippen LogP contribution in [0.25, 0.3) is 21.9 Å². The first kappa shape index (κ1) is 103. The molecule has 16 amide bonds. The molecule has 0 saturated carbocycles. The number of nitrogens with zero attached hydrogens (tertiary/aromatic N) is 7. The largest absolute Gasteiger partial charge is 0.508 e. The van der Waals surface area contributed by atoms with Crippen molar-refractivity contribution in [2.45, 2.75) is 248 Å². The van der Waals surface area contributed by atoms with Gasteiger partial charge in [0.1, 0.15) is 103 Å². The molecule has 8 rings (SSSR count). The number of rotatable bonds is 24. The summed E-state index contributed by atoms with van der Waals surface area (Å²) in [6.07, 6.45) is 2.57. The van der Waals surface area contributed by atoms with Crippen molar-refractivity contribution in [3.8, 4) is 5.75 Å². The van der Waals surface area contributed by atoms with E-state index < -0.39 is 229 Å². The predicted octanol–water partition coefficient (Wildman–Crippen LogP) is -1.96. The summed E-state index contributed by atoms with van der Waals surface area (Å²) in [7, 11) is 3.94. The number of pyridine rings is 1. The van der Waals surface area contributed by atoms with Crippen LogP contribution in [0.4, 0.5) is 0 Å². The molecule has 0 unspecified atom stereocenters. The first-order valence-corrected chi connectivity index (χ1v) is 45.2. The normalized spacial score (nSPS) is 25.4. The lowest BCUT2D eigenvalue weighted by atomic mass is 9.99. The smallest absolute Gasteiger partial charge is 0.323 e. The van der Waals surface area contributed by atoms with Gasteiger partial charge in [0.05, 0.1) is 18.3 Å². The van der Waals surface area contributed by atoms with Crippen LogP contribution < -0.4 is 70.8 Å². The summed E-state index contributed by atoms with van der Waals surface area (Å²) in [5.74, 6) is -17.5. The number of carboxylic acid groups (broad SMARTS) is 1. The zero-order chi connectivity index (χ0) is 95.7. The Bertz CT molecular complexity index is 4890. The van der Waals surface area contributed by atoms with Gasteiger partial charge in [-0.1, -0.05) is 97.6 Å². The van der Waals surface area contributed by atoms with Crippen LogP contribution in [-0.4, -0.2) is 304 Å². The Labute approximate surface area is 758 Å². The molecule has 710 valence electrons. The number of thioether (sulfide) groups is 1. The number of aromatic hydroxyl groups is 1. The number of H-pyrrole nitrogens is 1. The number of aliphatic hydroxyl groups is 1. The molecule has 130 heavy (non-hydrogen) atoms. The fourth-order valence-electron chi connectivity index (χ4n) is 16.4. The number of fused-ring (bicyclic) bond motifs is 4. The van der Waals surface area contributed by atoms with Crippen LogP contribution in [0.3, 0.4) is 0 Å². The first-order valence-electron chi connectivity index (χ1n) is 44.0. The van der Waals surface area contributed by atoms with Crippen LogP contribution in [-0.2, 0) is 107 Å². The number of amides is 16. The Morgan fingerprint density at radius 2 is 1.12 bits per heavy atom. The number of para-hydroxylation sites is 1. The van der Waals surface area contributed by atoms with E-state index in [4.69, 9.17) is 22.9 Å². The standard InChI is InChI=1S/C88H127N21O20S/c1-11-13-22-67-81(122)97-59(33-47(3)4)78(119)103-66(74(92)116)45-130-46-72(113)95-62(35-50-25-27-53(110)28-26-50)84(125)104(8)49(7)76(117)99-64(39-71(91)112)86(127)108-32-18-24-68(108)82(123)102-65(40-90)80(121)100-61(34-48(5)6)87(128)109-43-54(111)38-70(109)83(124)98-60(36-51-41-94-57-21-16-15-19-55(51)57)79(120)96-58(29-30-89)77(118)101-63(85(126)106(10)69(23-14-12-2)88(129)105(67)9)37-52-42-107(44-73(114)115)75-56(52)20-17-31-93-75/h15-17,19-21,25-28,31,41-42,47-49,54,58-70,94,110-111H,11-14,18,22-24,29-30,32-40,43-46,89-90H2,1-10H3,(H2,91,112)(H2,92,116)(H,95,113)(H,96,120)(H,97,122)(H,98,124)(H,99,117)(H,100,121)(H,101,118)(H,102,123)(H,103,119)(H,114,115)/t49-,54+,58-,59-,60-,61-,62-,63-,64-,65-,66-,67-,68-,69-,70-/m0/s1. The topological polar surface area (TPSA) is 613 Å². The van der Waals surface area contributed by atoms with Gasteiger partial charge in [0, 0.05) is 107 Å². The zero-order valence-corrected chi connectivity index (χ0v) is 76.0. The number of nitrogens with one attached hydrogen (secondary N) is 10. The minimum atomic E-state index is -1.75. The fraction of sp³-hybridized carbons (Fsp3) is 0.568. The maximum Gasteiger partial charge on any atom is 0.323 e. The van der Waals surface area contributed by atoms with Crippen molar-refractivity contribution < 1.29 is 96.8 Å². The quantitative estimate of drug-likeness (QED) is 0.0319. The van der Waals surface area contributed by atoms with E-state index in [1.807, 2.05) is 13.8 Å². The van der Waals surface area contributed by atoms with E-state index >= 15 is 33.6 Å². The van der Waals surface area contributed by atoms with Gasteiger partial charge in [0.25, 0.3) is 0 Å². The number of hydrogen-bond donors (Lipinski definition) is 17. The average molecular weight is 1830 g/mol. The average Bonchev–Trinajstić information content (AvgIpc) is 1.40. The molecule has 3 aromatic heterocycles. The Balaban J connectivity index is 1.19. The van der Waals surface area contributed by atoms with Crippen LogP contribution >= 0.6 is 11.8 Å². The number of primary amides is 2. The molecule has 2 aromatic carbocycles. The molecule has 41 nitrogen and oxygen atoms in total. The molecule has 0 radical (unpaired) electrons. The number of hydrogen-bond acceptors (Lipinski definition) is 23. The molecule has 3 aliphatic rings. The molecule has 5 aromatic rings. The van der Waals surface area contributed by atoms with Gasteiger partial charge in [-0.2, -0.15) is 0 Å². The number of carboxylic acids is 1. The number of aliphatic carboxylic acids is 1. The molecule has 21 N–H and O–H groups in total. The van der Waals surface area contributed by atoms with Crippen LogP contribution in [0.15, 0.2) is 79.3 Å². The number of carbonyl (C=O) groups is 17. The third kappa shape index (κ3) is 27.9. The minimum Gasteiger partial charge on any atom is -0.508 e. The monoisotopic (exact) mass is 1830 g/mol. The van der Waals surface area contributed by atoms with E-state index in [1.54, 1.807) is 70.3 Å². The number of nitrogens with two attached hydrogens (primary N) is 4. The van der Waals surface area contributed by atoms with E-state index in [9.17, 15) is 63.3 Å². The summed E-state index contributed by atoms with van der Waals surface area (Å²) in [4.78, 5) is 261. The molecular formula is C88H127N21O20S. The van der Waals surface area contributed by atoms with Gasteiger partial charge >= 0.3 is 5.97 Å². The van der Waals surface area contributed by atoms with Crippen molar-refractivity contribution in [1.82, 2.24) is 86.9 Å². The number of aliphatic hydroxyl groups excluding tert-OH is 1. The Kier molecular flexibility index (Phi) is 38.4. The molecule has 15 atom stereocenters. The number of aromatic nitrogens is 3. The maximum absolute atomic E-state index is 15.9. The highest BCUT2D eigenvalue weighted by Gasteiger charge is 2.47. The summed E-state index contributed by atoms with van der Waals surface area (Å²) >= 11 is 0.824. The van der Waals surface area contributed by atoms with Gasteiger partial charge in [0.2, 0.25) is 94.5 Å². The number of unbranched alkanes of at least 4 members (excludes halogenated alkanes) is 2. The second kappa shape index (κ2) is 48.4. The van der Waals surface area contributed by atoms with Crippen molar-refractivity contribution in [1.29, 1.82) is 0 Å². The highest BCUT2D eigenvalue weighted by molar-refractivity contribution is 8.00. The minimum absolute atomic E-state index is 0.00550. The van der Waals surface area contributed by atoms with Gasteiger partial charge in [0.15, 0.2) is 0 Å². The van der Waals surface area contributed by atoms with E-state index in [2.05, 4.69) is 57.8 Å². The Morgan fingerprint density at radius 1 is 0.562 bits per heavy atom. The highest BCUT2D eigenvalue weighted by atomic mass is 32.2. The zero-order valence-electron chi connectivity index (χ0n) is 75.2. The molecule has 0 bridgehead atoms. The second-order valence-corrected chi connectivity index (χ2v) is 35.4. The Morgan fingerprint density at radius 3 is 1.76 bits per heavy atom. The molecule has 42 heteroatoms. The van der Waals surface area contributed by atoms with Gasteiger partial charge in [-0.25, -0.2) is 4.98 Å². The maximum atomic E-state index is 15.9. The van der Waals surface area contributed by atoms with Crippen molar-refractivity contribution >= 4 is 134 Å². The SMILES string of the molecule is CCCC[C@H]1C(=O)N(C)[C@@H](CCCC)C(=O)N[C@@H](CC(C)C)C(=O)N[C@H](C(N)=O)CSCC(=O)N[C@@H](Cc2ccc(O)cc2)C(=O)N(C)[C@@H](C)C(=O)N[C@@H](CC(N)=O)C(=O)N2CCC[C@H]2C(=O)N[C@@H](CN)C(=O)N[C@@H](CC(C)C)C(=O)N2C[C@H](O)C[C@H]2C(=O)N[C@@H](Cc2c[nH]c3ccccc23)C(=O)N[C@@H](CCN)C(=O)N[C@@H](Cc2cn(CC(=O)O)c3ncccc23)C(=O)N1C. The summed E-state index contributed by atoms with van der Waals surface area (Å²) in [6.45, 7) is 10.0. The summed E-state index contributed by atoms with van der Waals surface area (Å²) in [5.41, 5.74) is 26.1. The first-order chi connectivity index (χ1) is 61.7. The summed E-state index contributed by atoms with van der Waals surface area (Å²) in [5, 5.41) is 56.8. The van der Waals surface area contributed by atoms with E-state index in [0.29, 0.717) is 58.7 Å². The molecule has 3 fully saturated rings.